The van der Waals surface area contributed by atoms with Crippen LogP contribution in [0.4, 0.5) is 0 Å². The van der Waals surface area contributed by atoms with Crippen molar-refractivity contribution in [2.75, 3.05) is 0 Å². The summed E-state index contributed by atoms with van der Waals surface area (Å²) in [7, 11) is 0. The molecule has 0 saturated carbocycles. The summed E-state index contributed by atoms with van der Waals surface area (Å²) < 4.78 is 0. The van der Waals surface area contributed by atoms with Gasteiger partial charge in [0.25, 0.3) is 0 Å². The van der Waals surface area contributed by atoms with Crippen LogP contribution < -0.4 is 0 Å². The van der Waals surface area contributed by atoms with Crippen molar-refractivity contribution < 1.29 is 4.79 Å². The van der Waals surface area contributed by atoms with E-state index in [0.717, 1.165) is 11.1 Å². The number of hydrogen-bond donors (Lipinski definition) is 0. The third-order valence-electron chi connectivity index (χ3n) is 2.64. The highest BCUT2D eigenvalue weighted by Gasteiger charge is 1.99. The van der Waals surface area contributed by atoms with E-state index in [2.05, 4.69) is 4.98 Å². The molecule has 0 aliphatic heterocycles. The van der Waals surface area contributed by atoms with Crippen LogP contribution in [0, 0.1) is 6.92 Å². The third-order valence-corrected chi connectivity index (χ3v) is 2.64. The largest absolute Gasteiger partial charge is 0.294 e. The molecule has 0 aliphatic rings. The SMILES string of the molecule is Cc1ccc(C=CC(=O)Cc2cccnc2)cc1. The lowest BCUT2D eigenvalue weighted by molar-refractivity contribution is -0.113. The van der Waals surface area contributed by atoms with Gasteiger partial charge in [0.1, 0.15) is 0 Å². The number of carbonyl (C=O) groups excluding carboxylic acids is 1. The van der Waals surface area contributed by atoms with Crippen LogP contribution >= 0.6 is 0 Å². The van der Waals surface area contributed by atoms with Gasteiger partial charge < -0.3 is 0 Å². The Bertz CT molecular complexity index is 541. The molecule has 0 spiro atoms. The van der Waals surface area contributed by atoms with Crippen LogP contribution in [0.3, 0.4) is 0 Å². The molecule has 0 atom stereocenters. The number of aryl methyl sites for hydroxylation is 1. The summed E-state index contributed by atoms with van der Waals surface area (Å²) in [4.78, 5) is 15.7. The molecule has 0 aliphatic carbocycles. The van der Waals surface area contributed by atoms with Crippen molar-refractivity contribution in [3.8, 4) is 0 Å². The fraction of sp³-hybridized carbons (Fsp3) is 0.125. The van der Waals surface area contributed by atoms with Crippen molar-refractivity contribution in [2.24, 2.45) is 0 Å². The first-order valence-corrected chi connectivity index (χ1v) is 5.90. The molecule has 0 amide bonds. The normalized spacial score (nSPS) is 10.7. The number of ketones is 1. The van der Waals surface area contributed by atoms with Crippen molar-refractivity contribution in [1.29, 1.82) is 0 Å². The predicted molar refractivity (Wildman–Crippen MR) is 73.2 cm³/mol. The smallest absolute Gasteiger partial charge is 0.160 e. The summed E-state index contributed by atoms with van der Waals surface area (Å²) in [5, 5.41) is 0. The second kappa shape index (κ2) is 5.92. The maximum Gasteiger partial charge on any atom is 0.160 e. The van der Waals surface area contributed by atoms with Gasteiger partial charge in [0.15, 0.2) is 5.78 Å². The van der Waals surface area contributed by atoms with Crippen LogP contribution in [0.1, 0.15) is 16.7 Å². The van der Waals surface area contributed by atoms with Gasteiger partial charge in [0.2, 0.25) is 0 Å². The van der Waals surface area contributed by atoms with E-state index < -0.39 is 0 Å². The standard InChI is InChI=1S/C16H15NO/c1-13-4-6-14(7-5-13)8-9-16(18)11-15-3-2-10-17-12-15/h2-10,12H,11H2,1H3. The van der Waals surface area contributed by atoms with Crippen LogP contribution in [-0.4, -0.2) is 10.8 Å². The monoisotopic (exact) mass is 237 g/mol. The average Bonchev–Trinajstić information content (AvgIpc) is 2.39. The van der Waals surface area contributed by atoms with Crippen LogP contribution in [0.5, 0.6) is 0 Å². The first-order valence-electron chi connectivity index (χ1n) is 5.90. The Hall–Kier alpha value is -2.22. The summed E-state index contributed by atoms with van der Waals surface area (Å²) >= 11 is 0. The van der Waals surface area contributed by atoms with Crippen molar-refractivity contribution >= 4 is 11.9 Å². The van der Waals surface area contributed by atoms with Gasteiger partial charge >= 0.3 is 0 Å². The molecule has 2 rings (SSSR count). The Kier molecular flexibility index (Phi) is 4.02. The van der Waals surface area contributed by atoms with Crippen molar-refractivity contribution in [1.82, 2.24) is 4.98 Å². The fourth-order valence-electron chi connectivity index (χ4n) is 1.63. The van der Waals surface area contributed by atoms with Gasteiger partial charge in [0.05, 0.1) is 0 Å². The van der Waals surface area contributed by atoms with Gasteiger partial charge in [-0.2, -0.15) is 0 Å². The van der Waals surface area contributed by atoms with Crippen molar-refractivity contribution in [3.63, 3.8) is 0 Å². The number of rotatable bonds is 4. The van der Waals surface area contributed by atoms with Gasteiger partial charge in [-0.3, -0.25) is 9.78 Å². The highest BCUT2D eigenvalue weighted by molar-refractivity contribution is 5.94. The maximum atomic E-state index is 11.7. The number of carbonyl (C=O) groups is 1. The second-order valence-corrected chi connectivity index (χ2v) is 4.25. The zero-order valence-corrected chi connectivity index (χ0v) is 10.3. The van der Waals surface area contributed by atoms with E-state index in [4.69, 9.17) is 0 Å². The molecule has 0 fully saturated rings. The molecular weight excluding hydrogens is 222 g/mol. The van der Waals surface area contributed by atoms with Crippen LogP contribution in [0.25, 0.3) is 6.08 Å². The Morgan fingerprint density at radius 1 is 1.22 bits per heavy atom. The number of benzene rings is 1. The van der Waals surface area contributed by atoms with Gasteiger partial charge in [-0.05, 0) is 30.2 Å². The number of nitrogens with zero attached hydrogens (tertiary/aromatic N) is 1. The zero-order valence-electron chi connectivity index (χ0n) is 10.3. The molecule has 0 unspecified atom stereocenters. The summed E-state index contributed by atoms with van der Waals surface area (Å²) in [6, 6.07) is 11.8. The minimum atomic E-state index is 0.0866. The molecule has 0 N–H and O–H groups in total. The van der Waals surface area contributed by atoms with E-state index in [1.165, 1.54) is 5.56 Å². The van der Waals surface area contributed by atoms with Crippen molar-refractivity contribution in [3.05, 3.63) is 71.6 Å². The molecule has 0 saturated heterocycles. The minimum Gasteiger partial charge on any atom is -0.294 e. The molecule has 90 valence electrons. The molecule has 0 bridgehead atoms. The van der Waals surface area contributed by atoms with Gasteiger partial charge in [-0.25, -0.2) is 0 Å². The van der Waals surface area contributed by atoms with Gasteiger partial charge in [0, 0.05) is 18.8 Å². The molecule has 0 radical (unpaired) electrons. The first-order chi connectivity index (χ1) is 8.74. The fourth-order valence-corrected chi connectivity index (χ4v) is 1.63. The summed E-state index contributed by atoms with van der Waals surface area (Å²) in [6.07, 6.45) is 7.29. The van der Waals surface area contributed by atoms with E-state index in [-0.39, 0.29) is 5.78 Å². The van der Waals surface area contributed by atoms with E-state index in [9.17, 15) is 4.79 Å². The second-order valence-electron chi connectivity index (χ2n) is 4.25. The quantitative estimate of drug-likeness (QED) is 0.764. The number of aromatic nitrogens is 1. The lowest BCUT2D eigenvalue weighted by Crippen LogP contribution is -1.98. The highest BCUT2D eigenvalue weighted by Crippen LogP contribution is 2.06. The van der Waals surface area contributed by atoms with Crippen molar-refractivity contribution in [2.45, 2.75) is 13.3 Å². The Morgan fingerprint density at radius 3 is 2.67 bits per heavy atom. The average molecular weight is 237 g/mol. The topological polar surface area (TPSA) is 30.0 Å². The Labute approximate surface area is 107 Å². The molecule has 1 aromatic carbocycles. The maximum absolute atomic E-state index is 11.7. The molecule has 1 aromatic heterocycles. The summed E-state index contributed by atoms with van der Waals surface area (Å²) in [5.74, 6) is 0.0866. The minimum absolute atomic E-state index is 0.0866. The van der Waals surface area contributed by atoms with E-state index >= 15 is 0 Å². The highest BCUT2D eigenvalue weighted by atomic mass is 16.1. The lowest BCUT2D eigenvalue weighted by atomic mass is 10.1. The number of pyridine rings is 1. The first kappa shape index (κ1) is 12.2. The van der Waals surface area contributed by atoms with E-state index in [1.54, 1.807) is 18.5 Å². The lowest BCUT2D eigenvalue weighted by Gasteiger charge is -1.96. The molecular formula is C16H15NO. The summed E-state index contributed by atoms with van der Waals surface area (Å²) in [6.45, 7) is 2.04. The molecule has 2 aromatic rings. The van der Waals surface area contributed by atoms with Crippen LogP contribution in [0.15, 0.2) is 54.9 Å². The summed E-state index contributed by atoms with van der Waals surface area (Å²) in [5.41, 5.74) is 3.20. The molecule has 1 heterocycles. The van der Waals surface area contributed by atoms with Crippen LogP contribution in [-0.2, 0) is 11.2 Å². The van der Waals surface area contributed by atoms with Gasteiger partial charge in [-0.1, -0.05) is 42.0 Å². The Morgan fingerprint density at radius 2 is 2.00 bits per heavy atom. The molecule has 2 nitrogen and oxygen atoms in total. The zero-order chi connectivity index (χ0) is 12.8. The van der Waals surface area contributed by atoms with Crippen LogP contribution in [0.2, 0.25) is 0 Å². The molecule has 18 heavy (non-hydrogen) atoms. The third kappa shape index (κ3) is 3.67. The number of allylic oxidation sites excluding steroid dienone is 1. The van der Waals surface area contributed by atoms with E-state index in [1.807, 2.05) is 49.4 Å². The van der Waals surface area contributed by atoms with E-state index in [0.29, 0.717) is 6.42 Å². The number of hydrogen-bond acceptors (Lipinski definition) is 2. The van der Waals surface area contributed by atoms with Gasteiger partial charge in [-0.15, -0.1) is 0 Å². The Balaban J connectivity index is 1.97. The molecule has 2 heteroatoms. The predicted octanol–water partition coefficient (Wildman–Crippen LogP) is 3.22.